The summed E-state index contributed by atoms with van der Waals surface area (Å²) in [6, 6.07) is 17.7. The molecule has 218 valence electrons. The number of rotatable bonds is 9. The van der Waals surface area contributed by atoms with E-state index in [2.05, 4.69) is 64.5 Å². The average Bonchev–Trinajstić information content (AvgIpc) is 3.62. The normalized spacial score (nSPS) is 18.2. The number of aliphatic hydroxyl groups excluding tert-OH is 1. The molecule has 0 aromatic heterocycles. The van der Waals surface area contributed by atoms with Gasteiger partial charge in [0.2, 0.25) is 0 Å². The summed E-state index contributed by atoms with van der Waals surface area (Å²) in [4.78, 5) is 11.5. The van der Waals surface area contributed by atoms with Crippen molar-refractivity contribution < 1.29 is 24.1 Å². The highest BCUT2D eigenvalue weighted by atomic mass is 16.6. The molecule has 0 aliphatic carbocycles. The minimum Gasteiger partial charge on any atom is -0.444 e. The number of nitrogens with two attached hydrogens (primary N) is 1. The predicted molar refractivity (Wildman–Crippen MR) is 157 cm³/mol. The van der Waals surface area contributed by atoms with E-state index in [1.165, 1.54) is 16.8 Å². The fraction of sp³-hybridized carbons (Fsp3) is 0.567. The van der Waals surface area contributed by atoms with Crippen LogP contribution in [0.25, 0.3) is 0 Å². The number of aliphatic hydroxyl groups is 1. The topological polar surface area (TPSA) is 127 Å². The molecule has 2 aliphatic rings. The number of ether oxygens (including phenoxy) is 3. The van der Waals surface area contributed by atoms with Crippen LogP contribution in [0.3, 0.4) is 0 Å². The van der Waals surface area contributed by atoms with E-state index in [-0.39, 0.29) is 6.09 Å². The maximum Gasteiger partial charge on any atom is 0.407 e. The van der Waals surface area contributed by atoms with Crippen LogP contribution in [0.2, 0.25) is 0 Å². The van der Waals surface area contributed by atoms with Gasteiger partial charge in [-0.05, 0) is 88.4 Å². The van der Waals surface area contributed by atoms with Crippen molar-refractivity contribution in [1.29, 1.82) is 0 Å². The van der Waals surface area contributed by atoms with Crippen molar-refractivity contribution in [2.75, 3.05) is 57.3 Å². The fourth-order valence-electron chi connectivity index (χ4n) is 4.09. The molecular weight excluding hydrogens is 496 g/mol. The summed E-state index contributed by atoms with van der Waals surface area (Å²) in [7, 11) is 1.00. The van der Waals surface area contributed by atoms with Crippen LogP contribution in [0.15, 0.2) is 48.5 Å². The van der Waals surface area contributed by atoms with E-state index in [0.29, 0.717) is 25.2 Å². The van der Waals surface area contributed by atoms with Gasteiger partial charge in [0, 0.05) is 38.2 Å². The van der Waals surface area contributed by atoms with E-state index in [1.54, 1.807) is 0 Å². The quantitative estimate of drug-likeness (QED) is 0.321. The number of hydrogen-bond donors (Lipinski definition) is 5. The number of anilines is 2. The highest BCUT2D eigenvalue weighted by Gasteiger charge is 2.16. The summed E-state index contributed by atoms with van der Waals surface area (Å²) in [5, 5.41) is 16.7. The number of hydrogen-bond acceptors (Lipinski definition) is 8. The first-order valence-corrected chi connectivity index (χ1v) is 13.8. The zero-order valence-corrected chi connectivity index (χ0v) is 24.0. The molecule has 2 unspecified atom stereocenters. The first-order chi connectivity index (χ1) is 18.8. The summed E-state index contributed by atoms with van der Waals surface area (Å²) in [5.74, 6) is 0. The number of benzene rings is 2. The van der Waals surface area contributed by atoms with Crippen molar-refractivity contribution in [2.45, 2.75) is 64.1 Å². The zero-order chi connectivity index (χ0) is 28.5. The average molecular weight is 545 g/mol. The lowest BCUT2D eigenvalue weighted by molar-refractivity contribution is 0.0528. The maximum atomic E-state index is 11.5. The van der Waals surface area contributed by atoms with Crippen LogP contribution in [0, 0.1) is 0 Å². The van der Waals surface area contributed by atoms with Gasteiger partial charge >= 0.3 is 6.09 Å². The molecule has 2 aromatic carbocycles. The Morgan fingerprint density at radius 3 is 1.72 bits per heavy atom. The van der Waals surface area contributed by atoms with E-state index < -0.39 is 5.60 Å². The van der Waals surface area contributed by atoms with Crippen molar-refractivity contribution in [3.05, 3.63) is 59.7 Å². The Kier molecular flexibility index (Phi) is 14.7. The number of carbonyl (C=O) groups excluding carboxylic acids is 1. The third-order valence-electron chi connectivity index (χ3n) is 6.02. The third-order valence-corrected chi connectivity index (χ3v) is 6.02. The summed E-state index contributed by atoms with van der Waals surface area (Å²) < 4.78 is 15.9. The van der Waals surface area contributed by atoms with Crippen LogP contribution in [0.1, 0.15) is 44.7 Å². The molecule has 9 nitrogen and oxygen atoms in total. The van der Waals surface area contributed by atoms with E-state index in [1.807, 2.05) is 20.8 Å². The summed E-state index contributed by atoms with van der Waals surface area (Å²) in [6.07, 6.45) is 3.53. The Balaban J connectivity index is 0.000000273. The predicted octanol–water partition coefficient (Wildman–Crippen LogP) is 3.95. The first-order valence-electron chi connectivity index (χ1n) is 13.8. The molecule has 0 saturated carbocycles. The van der Waals surface area contributed by atoms with Gasteiger partial charge in [0.05, 0.1) is 25.3 Å². The standard InChI is InChI=1S/C17H26N2O3.C12H18N2O.CH4O/c1-17(2,3)22-16(20)18-10-8-13-4-6-14(7-5-13)19-15-9-11-21-12-15;13-7-5-10-1-3-11(4-2-10)14-12-6-8-15-9-12;1-2/h4-7,15,19H,8-12H2,1-3H3,(H,18,20);1-4,12,14H,5-9,13H2;2H,1H3. The Hall–Kier alpha value is -2.85. The molecule has 0 bridgehead atoms. The Morgan fingerprint density at radius 1 is 0.872 bits per heavy atom. The van der Waals surface area contributed by atoms with Gasteiger partial charge in [-0.15, -0.1) is 0 Å². The lowest BCUT2D eigenvalue weighted by atomic mass is 10.1. The molecule has 6 N–H and O–H groups in total. The number of alkyl carbamates (subject to hydrolysis) is 1. The molecule has 2 aliphatic heterocycles. The van der Waals surface area contributed by atoms with Crippen LogP contribution in [0.4, 0.5) is 16.2 Å². The SMILES string of the molecule is CC(C)(C)OC(=O)NCCc1ccc(NC2CCOC2)cc1.CO.NCCc1ccc(NC2CCOC2)cc1. The molecule has 4 rings (SSSR count). The molecule has 9 heteroatoms. The smallest absolute Gasteiger partial charge is 0.407 e. The van der Waals surface area contributed by atoms with Crippen molar-refractivity contribution in [2.24, 2.45) is 5.73 Å². The van der Waals surface area contributed by atoms with E-state index in [0.717, 1.165) is 64.9 Å². The number of nitrogens with one attached hydrogen (secondary N) is 3. The minimum absolute atomic E-state index is 0.368. The molecule has 39 heavy (non-hydrogen) atoms. The highest BCUT2D eigenvalue weighted by molar-refractivity contribution is 5.67. The lowest BCUT2D eigenvalue weighted by Crippen LogP contribution is -2.33. The third kappa shape index (κ3) is 13.7. The van der Waals surface area contributed by atoms with Crippen LogP contribution in [-0.4, -0.2) is 75.5 Å². The lowest BCUT2D eigenvalue weighted by Gasteiger charge is -2.19. The van der Waals surface area contributed by atoms with Crippen molar-refractivity contribution in [3.63, 3.8) is 0 Å². The first kappa shape index (κ1) is 32.4. The Morgan fingerprint density at radius 2 is 1.33 bits per heavy atom. The maximum absolute atomic E-state index is 11.5. The van der Waals surface area contributed by atoms with Crippen molar-refractivity contribution in [3.8, 4) is 0 Å². The van der Waals surface area contributed by atoms with Crippen molar-refractivity contribution in [1.82, 2.24) is 5.32 Å². The van der Waals surface area contributed by atoms with E-state index >= 15 is 0 Å². The van der Waals surface area contributed by atoms with Gasteiger partial charge in [-0.2, -0.15) is 0 Å². The van der Waals surface area contributed by atoms with Gasteiger partial charge in [-0.1, -0.05) is 24.3 Å². The second kappa shape index (κ2) is 17.7. The molecule has 2 fully saturated rings. The van der Waals surface area contributed by atoms with Crippen LogP contribution in [-0.2, 0) is 27.1 Å². The van der Waals surface area contributed by atoms with Crippen molar-refractivity contribution >= 4 is 17.5 Å². The molecular formula is C30H48N4O5. The van der Waals surface area contributed by atoms with Gasteiger partial charge in [-0.3, -0.25) is 0 Å². The van der Waals surface area contributed by atoms with E-state index in [4.69, 9.17) is 25.1 Å². The second-order valence-electron chi connectivity index (χ2n) is 10.5. The van der Waals surface area contributed by atoms with Crippen LogP contribution < -0.4 is 21.7 Å². The number of carbonyl (C=O) groups is 1. The van der Waals surface area contributed by atoms with Gasteiger partial charge < -0.3 is 41.0 Å². The van der Waals surface area contributed by atoms with Gasteiger partial charge in [0.15, 0.2) is 0 Å². The van der Waals surface area contributed by atoms with Crippen LogP contribution in [0.5, 0.6) is 0 Å². The monoisotopic (exact) mass is 544 g/mol. The largest absolute Gasteiger partial charge is 0.444 e. The Labute approximate surface area is 233 Å². The van der Waals surface area contributed by atoms with E-state index in [9.17, 15) is 4.79 Å². The van der Waals surface area contributed by atoms with Gasteiger partial charge in [0.1, 0.15) is 5.60 Å². The fourth-order valence-corrected chi connectivity index (χ4v) is 4.09. The molecule has 2 heterocycles. The molecule has 2 atom stereocenters. The Bertz CT molecular complexity index is 920. The second-order valence-corrected chi connectivity index (χ2v) is 10.5. The molecule has 1 amide bonds. The number of amides is 1. The highest BCUT2D eigenvalue weighted by Crippen LogP contribution is 2.16. The molecule has 2 aromatic rings. The summed E-state index contributed by atoms with van der Waals surface area (Å²) >= 11 is 0. The molecule has 2 saturated heterocycles. The van der Waals surface area contributed by atoms with Gasteiger partial charge in [-0.25, -0.2) is 4.79 Å². The van der Waals surface area contributed by atoms with Crippen LogP contribution >= 0.6 is 0 Å². The zero-order valence-electron chi connectivity index (χ0n) is 24.0. The summed E-state index contributed by atoms with van der Waals surface area (Å²) in [5.41, 5.74) is 9.81. The van der Waals surface area contributed by atoms with Gasteiger partial charge in [0.25, 0.3) is 0 Å². The molecule has 0 radical (unpaired) electrons. The molecule has 0 spiro atoms. The summed E-state index contributed by atoms with van der Waals surface area (Å²) in [6.45, 7) is 10.2. The minimum atomic E-state index is -0.457.